The summed E-state index contributed by atoms with van der Waals surface area (Å²) in [6.45, 7) is 2.26. The number of hydrogen-bond acceptors (Lipinski definition) is 2. The number of aryl methyl sites for hydroxylation is 1. The van der Waals surface area contributed by atoms with E-state index >= 15 is 0 Å². The van der Waals surface area contributed by atoms with Gasteiger partial charge in [0.2, 0.25) is 0 Å². The van der Waals surface area contributed by atoms with Crippen LogP contribution in [0.1, 0.15) is 82.3 Å². The van der Waals surface area contributed by atoms with Gasteiger partial charge in [0.15, 0.2) is 0 Å². The summed E-state index contributed by atoms with van der Waals surface area (Å²) in [7, 11) is 1.61. The Hall–Kier alpha value is -1.62. The lowest BCUT2D eigenvalue weighted by Gasteiger charge is -2.10. The van der Waals surface area contributed by atoms with E-state index in [2.05, 4.69) is 12.8 Å². The maximum atomic E-state index is 9.94. The van der Waals surface area contributed by atoms with E-state index in [1.54, 1.807) is 13.2 Å². The number of aromatic hydroxyl groups is 1. The molecule has 1 N–H and O–H groups in total. The van der Waals surface area contributed by atoms with Crippen LogP contribution >= 0.6 is 0 Å². The molecule has 1 aromatic rings. The summed E-state index contributed by atoms with van der Waals surface area (Å²) in [6.07, 6.45) is 19.6. The first-order valence-corrected chi connectivity index (χ1v) is 9.09. The van der Waals surface area contributed by atoms with Gasteiger partial charge in [0.25, 0.3) is 0 Å². The molecule has 0 spiro atoms. The summed E-state index contributed by atoms with van der Waals surface area (Å²) in [6, 6.07) is 3.53. The Labute approximate surface area is 142 Å². The van der Waals surface area contributed by atoms with E-state index in [1.807, 2.05) is 6.07 Å². The largest absolute Gasteiger partial charge is 0.506 e. The van der Waals surface area contributed by atoms with Crippen molar-refractivity contribution in [3.63, 3.8) is 0 Å². The van der Waals surface area contributed by atoms with E-state index in [4.69, 9.17) is 11.2 Å². The summed E-state index contributed by atoms with van der Waals surface area (Å²) < 4.78 is 5.21. The topological polar surface area (TPSA) is 29.5 Å². The van der Waals surface area contributed by atoms with Crippen molar-refractivity contribution in [1.29, 1.82) is 0 Å². The Balaban J connectivity index is 2.23. The lowest BCUT2D eigenvalue weighted by atomic mass is 9.99. The molecule has 0 atom stereocenters. The van der Waals surface area contributed by atoms with Crippen LogP contribution in [-0.4, -0.2) is 12.2 Å². The van der Waals surface area contributed by atoms with Crippen LogP contribution in [0.3, 0.4) is 0 Å². The van der Waals surface area contributed by atoms with Crippen LogP contribution in [-0.2, 0) is 6.42 Å². The zero-order valence-electron chi connectivity index (χ0n) is 14.9. The third-order valence-corrected chi connectivity index (χ3v) is 4.35. The van der Waals surface area contributed by atoms with Crippen molar-refractivity contribution in [2.45, 2.75) is 77.6 Å². The Morgan fingerprint density at radius 3 is 2.04 bits per heavy atom. The van der Waals surface area contributed by atoms with Gasteiger partial charge in [-0.2, -0.15) is 0 Å². The van der Waals surface area contributed by atoms with Gasteiger partial charge in [-0.3, -0.25) is 0 Å². The minimum atomic E-state index is 0.147. The van der Waals surface area contributed by atoms with Gasteiger partial charge in [0, 0.05) is 6.07 Å². The zero-order chi connectivity index (χ0) is 16.9. The average Bonchev–Trinajstić information content (AvgIpc) is 2.56. The monoisotopic (exact) mass is 316 g/mol. The van der Waals surface area contributed by atoms with Gasteiger partial charge >= 0.3 is 0 Å². The highest BCUT2D eigenvalue weighted by molar-refractivity contribution is 5.53. The fourth-order valence-electron chi connectivity index (χ4n) is 2.94. The molecule has 0 saturated heterocycles. The highest BCUT2D eigenvalue weighted by atomic mass is 16.5. The molecule has 0 aliphatic carbocycles. The fraction of sp³-hybridized carbons (Fsp3) is 0.619. The number of phenolic OH excluding ortho intramolecular Hbond substituents is 1. The van der Waals surface area contributed by atoms with Crippen LogP contribution in [0.2, 0.25) is 0 Å². The van der Waals surface area contributed by atoms with E-state index in [1.165, 1.54) is 57.8 Å². The molecule has 0 saturated carbocycles. The predicted octanol–water partition coefficient (Wildman–Crippen LogP) is 5.85. The second-order valence-corrected chi connectivity index (χ2v) is 6.26. The number of phenols is 1. The molecule has 0 heterocycles. The highest BCUT2D eigenvalue weighted by Crippen LogP contribution is 2.28. The van der Waals surface area contributed by atoms with E-state index in [-0.39, 0.29) is 5.75 Å². The van der Waals surface area contributed by atoms with Crippen LogP contribution in [0, 0.1) is 12.3 Å². The van der Waals surface area contributed by atoms with Gasteiger partial charge < -0.3 is 9.84 Å². The molecular formula is C21H32O2. The van der Waals surface area contributed by atoms with Crippen LogP contribution in [0.4, 0.5) is 0 Å². The molecule has 2 heteroatoms. The molecule has 0 aliphatic heterocycles. The summed E-state index contributed by atoms with van der Waals surface area (Å²) >= 11 is 0. The quantitative estimate of drug-likeness (QED) is 0.387. The second-order valence-electron chi connectivity index (χ2n) is 6.26. The second kappa shape index (κ2) is 11.9. The van der Waals surface area contributed by atoms with Crippen molar-refractivity contribution in [2.24, 2.45) is 0 Å². The van der Waals surface area contributed by atoms with Crippen molar-refractivity contribution in [3.8, 4) is 23.8 Å². The number of unbranched alkanes of at least 4 members (excludes halogenated alkanes) is 9. The highest BCUT2D eigenvalue weighted by Gasteiger charge is 2.08. The summed E-state index contributed by atoms with van der Waals surface area (Å²) in [5.74, 6) is 3.41. The smallest absolute Gasteiger partial charge is 0.135 e. The first kappa shape index (κ1) is 19.4. The third kappa shape index (κ3) is 7.46. The Morgan fingerprint density at radius 1 is 0.957 bits per heavy atom. The van der Waals surface area contributed by atoms with Crippen molar-refractivity contribution >= 4 is 0 Å². The first-order chi connectivity index (χ1) is 11.2. The standard InChI is InChI=1S/C21H32O2/c1-4-6-7-8-9-10-11-12-13-14-15-18-16-19(23-3)17-21(22)20(18)5-2/h2,16-17,22H,4,6-15H2,1,3H3. The van der Waals surface area contributed by atoms with E-state index in [9.17, 15) is 5.11 Å². The predicted molar refractivity (Wildman–Crippen MR) is 98.1 cm³/mol. The molecule has 1 aromatic carbocycles. The van der Waals surface area contributed by atoms with Crippen LogP contribution < -0.4 is 4.74 Å². The molecule has 1 rings (SSSR count). The molecule has 0 radical (unpaired) electrons. The Morgan fingerprint density at radius 2 is 1.52 bits per heavy atom. The molecule has 0 aromatic heterocycles. The average molecular weight is 316 g/mol. The van der Waals surface area contributed by atoms with Gasteiger partial charge in [0.05, 0.1) is 12.7 Å². The molecule has 0 aliphatic rings. The lowest BCUT2D eigenvalue weighted by Crippen LogP contribution is -1.94. The van der Waals surface area contributed by atoms with E-state index in [0.717, 1.165) is 18.4 Å². The van der Waals surface area contributed by atoms with Crippen molar-refractivity contribution in [3.05, 3.63) is 23.3 Å². The van der Waals surface area contributed by atoms with E-state index in [0.29, 0.717) is 11.3 Å². The maximum absolute atomic E-state index is 9.94. The molecule has 23 heavy (non-hydrogen) atoms. The number of rotatable bonds is 12. The normalized spacial score (nSPS) is 10.5. The molecule has 0 amide bonds. The number of benzene rings is 1. The minimum Gasteiger partial charge on any atom is -0.506 e. The van der Waals surface area contributed by atoms with Gasteiger partial charge in [-0.05, 0) is 24.5 Å². The summed E-state index contributed by atoms with van der Waals surface area (Å²) in [5.41, 5.74) is 1.63. The van der Waals surface area contributed by atoms with Gasteiger partial charge in [0.1, 0.15) is 11.5 Å². The molecule has 0 bridgehead atoms. The van der Waals surface area contributed by atoms with Crippen LogP contribution in [0.15, 0.2) is 12.1 Å². The molecule has 0 unspecified atom stereocenters. The minimum absolute atomic E-state index is 0.147. The fourth-order valence-corrected chi connectivity index (χ4v) is 2.94. The van der Waals surface area contributed by atoms with Crippen molar-refractivity contribution in [1.82, 2.24) is 0 Å². The Bertz CT molecular complexity index is 485. The maximum Gasteiger partial charge on any atom is 0.135 e. The lowest BCUT2D eigenvalue weighted by molar-refractivity contribution is 0.406. The third-order valence-electron chi connectivity index (χ3n) is 4.35. The summed E-state index contributed by atoms with van der Waals surface area (Å²) in [4.78, 5) is 0. The molecule has 128 valence electrons. The Kier molecular flexibility index (Phi) is 10.0. The zero-order valence-corrected chi connectivity index (χ0v) is 14.9. The van der Waals surface area contributed by atoms with Crippen molar-refractivity contribution in [2.75, 3.05) is 7.11 Å². The van der Waals surface area contributed by atoms with E-state index < -0.39 is 0 Å². The van der Waals surface area contributed by atoms with Gasteiger partial charge in [-0.1, -0.05) is 70.6 Å². The molecule has 2 nitrogen and oxygen atoms in total. The van der Waals surface area contributed by atoms with Crippen molar-refractivity contribution < 1.29 is 9.84 Å². The van der Waals surface area contributed by atoms with Crippen LogP contribution in [0.25, 0.3) is 0 Å². The molecular weight excluding hydrogens is 284 g/mol. The number of hydrogen-bond donors (Lipinski definition) is 1. The molecule has 0 fully saturated rings. The summed E-state index contributed by atoms with van der Waals surface area (Å²) in [5, 5.41) is 9.94. The SMILES string of the molecule is C#Cc1c(O)cc(OC)cc1CCCCCCCCCCCC. The number of methoxy groups -OCH3 is 1. The number of ether oxygens (including phenoxy) is 1. The first-order valence-electron chi connectivity index (χ1n) is 9.09. The van der Waals surface area contributed by atoms with Gasteiger partial charge in [-0.25, -0.2) is 0 Å². The van der Waals surface area contributed by atoms with Crippen LogP contribution in [0.5, 0.6) is 11.5 Å². The number of terminal acetylenes is 1. The van der Waals surface area contributed by atoms with Gasteiger partial charge in [-0.15, -0.1) is 6.42 Å².